The van der Waals surface area contributed by atoms with Gasteiger partial charge in [-0.25, -0.2) is 9.78 Å². The van der Waals surface area contributed by atoms with E-state index in [1.165, 1.54) is 31.4 Å². The maximum atomic E-state index is 12.6. The molecular weight excluding hydrogens is 394 g/mol. The number of phenolic OH excluding ortho intramolecular Hbond substituents is 1. The Hall–Kier alpha value is -3.29. The third kappa shape index (κ3) is 5.25. The Kier molecular flexibility index (Phi) is 6.54. The van der Waals surface area contributed by atoms with E-state index in [-0.39, 0.29) is 17.7 Å². The van der Waals surface area contributed by atoms with Gasteiger partial charge in [-0.3, -0.25) is 4.79 Å². The molecule has 2 fully saturated rings. The van der Waals surface area contributed by atoms with Crippen LogP contribution in [0, 0.1) is 0 Å². The van der Waals surface area contributed by atoms with Crippen molar-refractivity contribution in [2.24, 2.45) is 0 Å². The normalized spacial score (nSPS) is 16.8. The van der Waals surface area contributed by atoms with Gasteiger partial charge in [-0.15, -0.1) is 0 Å². The molecule has 3 heterocycles. The highest BCUT2D eigenvalue weighted by atomic mass is 16.3. The molecule has 0 spiro atoms. The summed E-state index contributed by atoms with van der Waals surface area (Å²) in [5.41, 5.74) is 1.57. The van der Waals surface area contributed by atoms with Crippen LogP contribution in [0.4, 0.5) is 10.6 Å². The monoisotopic (exact) mass is 423 g/mol. The molecule has 0 saturated carbocycles. The minimum Gasteiger partial charge on any atom is -0.508 e. The number of rotatable bonds is 4. The molecular formula is C23H29N5O3. The maximum Gasteiger partial charge on any atom is 0.317 e. The SMILES string of the molecule is O=C(NCc1ccnc(N2CCCCC2)c1)N1CCN(C(=O)c2ccc(O)cc2)CC1. The van der Waals surface area contributed by atoms with E-state index in [1.807, 2.05) is 6.07 Å². The number of hydrogen-bond donors (Lipinski definition) is 2. The van der Waals surface area contributed by atoms with Gasteiger partial charge in [-0.1, -0.05) is 0 Å². The van der Waals surface area contributed by atoms with E-state index < -0.39 is 0 Å². The number of aromatic nitrogens is 1. The molecule has 8 nitrogen and oxygen atoms in total. The van der Waals surface area contributed by atoms with Crippen LogP contribution in [0.1, 0.15) is 35.2 Å². The zero-order valence-corrected chi connectivity index (χ0v) is 17.7. The standard InChI is InChI=1S/C23H29N5O3/c29-20-6-4-19(5-7-20)22(30)27-12-14-28(15-13-27)23(31)25-17-18-8-9-24-21(16-18)26-10-2-1-3-11-26/h4-9,16,29H,1-3,10-15,17H2,(H,25,31). The van der Waals surface area contributed by atoms with Crippen LogP contribution >= 0.6 is 0 Å². The predicted octanol–water partition coefficient (Wildman–Crippen LogP) is 2.45. The van der Waals surface area contributed by atoms with Gasteiger partial charge in [0.1, 0.15) is 11.6 Å². The lowest BCUT2D eigenvalue weighted by atomic mass is 10.1. The Balaban J connectivity index is 1.26. The van der Waals surface area contributed by atoms with E-state index in [1.54, 1.807) is 28.1 Å². The number of carbonyl (C=O) groups excluding carboxylic acids is 2. The first-order chi connectivity index (χ1) is 15.1. The molecule has 31 heavy (non-hydrogen) atoms. The van der Waals surface area contributed by atoms with Gasteiger partial charge >= 0.3 is 6.03 Å². The molecule has 4 rings (SSSR count). The summed E-state index contributed by atoms with van der Waals surface area (Å²) < 4.78 is 0. The van der Waals surface area contributed by atoms with Crippen LogP contribution < -0.4 is 10.2 Å². The van der Waals surface area contributed by atoms with Gasteiger partial charge in [-0.05, 0) is 61.2 Å². The highest BCUT2D eigenvalue weighted by Gasteiger charge is 2.24. The minimum atomic E-state index is -0.118. The number of carbonyl (C=O) groups is 2. The second-order valence-electron chi connectivity index (χ2n) is 8.05. The fourth-order valence-corrected chi connectivity index (χ4v) is 4.06. The van der Waals surface area contributed by atoms with Crippen LogP contribution in [0.3, 0.4) is 0 Å². The van der Waals surface area contributed by atoms with Crippen molar-refractivity contribution in [3.05, 3.63) is 53.7 Å². The highest BCUT2D eigenvalue weighted by molar-refractivity contribution is 5.94. The van der Waals surface area contributed by atoms with Crippen LogP contribution in [0.15, 0.2) is 42.6 Å². The molecule has 3 amide bonds. The molecule has 0 radical (unpaired) electrons. The van der Waals surface area contributed by atoms with Crippen LogP contribution in [0.5, 0.6) is 5.75 Å². The summed E-state index contributed by atoms with van der Waals surface area (Å²) in [5.74, 6) is 1.03. The molecule has 0 bridgehead atoms. The maximum absolute atomic E-state index is 12.6. The van der Waals surface area contributed by atoms with Crippen molar-refractivity contribution >= 4 is 17.8 Å². The number of benzene rings is 1. The average molecular weight is 424 g/mol. The number of nitrogens with zero attached hydrogens (tertiary/aromatic N) is 4. The van der Waals surface area contributed by atoms with Gasteiger partial charge in [0.2, 0.25) is 0 Å². The first kappa shape index (κ1) is 21.0. The molecule has 1 aromatic carbocycles. The molecule has 164 valence electrons. The van der Waals surface area contributed by atoms with Gasteiger partial charge in [0.25, 0.3) is 5.91 Å². The lowest BCUT2D eigenvalue weighted by Gasteiger charge is -2.34. The van der Waals surface area contributed by atoms with Crippen molar-refractivity contribution in [2.45, 2.75) is 25.8 Å². The Morgan fingerprint density at radius 2 is 1.58 bits per heavy atom. The second kappa shape index (κ2) is 9.68. The Labute approximate surface area is 182 Å². The number of urea groups is 1. The smallest absolute Gasteiger partial charge is 0.317 e. The number of nitrogens with one attached hydrogen (secondary N) is 1. The van der Waals surface area contributed by atoms with Crippen molar-refractivity contribution < 1.29 is 14.7 Å². The summed E-state index contributed by atoms with van der Waals surface area (Å²) in [4.78, 5) is 35.4. The van der Waals surface area contributed by atoms with Gasteiger partial charge < -0.3 is 25.1 Å². The topological polar surface area (TPSA) is 89.0 Å². The zero-order chi connectivity index (χ0) is 21.6. The van der Waals surface area contributed by atoms with E-state index in [2.05, 4.69) is 21.3 Å². The third-order valence-corrected chi connectivity index (χ3v) is 5.90. The quantitative estimate of drug-likeness (QED) is 0.789. The molecule has 0 unspecified atom stereocenters. The molecule has 8 heteroatoms. The number of aromatic hydroxyl groups is 1. The summed E-state index contributed by atoms with van der Waals surface area (Å²) in [7, 11) is 0. The Morgan fingerprint density at radius 3 is 2.29 bits per heavy atom. The lowest BCUT2D eigenvalue weighted by Crippen LogP contribution is -2.53. The van der Waals surface area contributed by atoms with E-state index in [0.717, 1.165) is 24.5 Å². The molecule has 2 N–H and O–H groups in total. The van der Waals surface area contributed by atoms with E-state index in [4.69, 9.17) is 0 Å². The molecule has 1 aromatic heterocycles. The summed E-state index contributed by atoms with van der Waals surface area (Å²) >= 11 is 0. The van der Waals surface area contributed by atoms with Crippen LogP contribution in [0.2, 0.25) is 0 Å². The molecule has 0 atom stereocenters. The molecule has 2 saturated heterocycles. The van der Waals surface area contributed by atoms with Crippen LogP contribution in [0.25, 0.3) is 0 Å². The van der Waals surface area contributed by atoms with E-state index >= 15 is 0 Å². The fourth-order valence-electron chi connectivity index (χ4n) is 4.06. The average Bonchev–Trinajstić information content (AvgIpc) is 2.83. The summed E-state index contributed by atoms with van der Waals surface area (Å²) in [5, 5.41) is 12.4. The van der Waals surface area contributed by atoms with Crippen molar-refractivity contribution in [1.82, 2.24) is 20.1 Å². The van der Waals surface area contributed by atoms with Crippen molar-refractivity contribution in [3.8, 4) is 5.75 Å². The minimum absolute atomic E-state index is 0.0814. The fraction of sp³-hybridized carbons (Fsp3) is 0.435. The van der Waals surface area contributed by atoms with E-state index in [9.17, 15) is 14.7 Å². The Bertz CT molecular complexity index is 904. The van der Waals surface area contributed by atoms with Gasteiger partial charge in [-0.2, -0.15) is 0 Å². The van der Waals surface area contributed by atoms with Gasteiger partial charge in [0.05, 0.1) is 0 Å². The highest BCUT2D eigenvalue weighted by Crippen LogP contribution is 2.18. The van der Waals surface area contributed by atoms with Crippen LogP contribution in [-0.4, -0.2) is 71.1 Å². The zero-order valence-electron chi connectivity index (χ0n) is 17.7. The van der Waals surface area contributed by atoms with Crippen molar-refractivity contribution in [2.75, 3.05) is 44.2 Å². The summed E-state index contributed by atoms with van der Waals surface area (Å²) in [6, 6.07) is 10.1. The number of piperazine rings is 1. The number of phenols is 1. The van der Waals surface area contributed by atoms with Gasteiger partial charge in [0, 0.05) is 57.6 Å². The molecule has 2 aliphatic heterocycles. The summed E-state index contributed by atoms with van der Waals surface area (Å²) in [6.45, 7) is 4.49. The molecule has 0 aliphatic carbocycles. The predicted molar refractivity (Wildman–Crippen MR) is 118 cm³/mol. The summed E-state index contributed by atoms with van der Waals surface area (Å²) in [6.07, 6.45) is 5.48. The van der Waals surface area contributed by atoms with Crippen LogP contribution in [-0.2, 0) is 6.54 Å². The third-order valence-electron chi connectivity index (χ3n) is 5.90. The molecule has 2 aliphatic rings. The van der Waals surface area contributed by atoms with Crippen molar-refractivity contribution in [3.63, 3.8) is 0 Å². The number of piperidine rings is 1. The number of amides is 3. The number of hydrogen-bond acceptors (Lipinski definition) is 5. The number of anilines is 1. The largest absolute Gasteiger partial charge is 0.508 e. The number of pyridine rings is 1. The van der Waals surface area contributed by atoms with Crippen molar-refractivity contribution in [1.29, 1.82) is 0 Å². The molecule has 2 aromatic rings. The Morgan fingerprint density at radius 1 is 0.903 bits per heavy atom. The van der Waals surface area contributed by atoms with E-state index in [0.29, 0.717) is 38.3 Å². The first-order valence-electron chi connectivity index (χ1n) is 10.9. The van der Waals surface area contributed by atoms with Gasteiger partial charge in [0.15, 0.2) is 0 Å². The second-order valence-corrected chi connectivity index (χ2v) is 8.05. The first-order valence-corrected chi connectivity index (χ1v) is 10.9. The lowest BCUT2D eigenvalue weighted by molar-refractivity contribution is 0.0665.